The van der Waals surface area contributed by atoms with Crippen LogP contribution in [-0.2, 0) is 19.5 Å². The van der Waals surface area contributed by atoms with Gasteiger partial charge in [0.1, 0.15) is 17.4 Å². The average molecular weight is 428 g/mol. The number of rotatable bonds is 6. The Morgan fingerprint density at radius 3 is 2.78 bits per heavy atom. The summed E-state index contributed by atoms with van der Waals surface area (Å²) in [4.78, 5) is 26.4. The number of Topliss-reactive ketones (excluding diaryl/α,β-unsaturated/α-hetero) is 1. The first kappa shape index (κ1) is 20.3. The van der Waals surface area contributed by atoms with Gasteiger partial charge in [-0.05, 0) is 44.2 Å². The molecule has 162 valence electrons. The van der Waals surface area contributed by atoms with E-state index in [0.717, 1.165) is 53.4 Å². The summed E-state index contributed by atoms with van der Waals surface area (Å²) in [6, 6.07) is 13.4. The Hall–Kier alpha value is -3.58. The quantitative estimate of drug-likeness (QED) is 0.471. The molecule has 0 unspecified atom stereocenters. The van der Waals surface area contributed by atoms with Crippen molar-refractivity contribution >= 4 is 16.7 Å². The molecule has 3 heterocycles. The molecule has 0 radical (unpaired) electrons. The van der Waals surface area contributed by atoms with E-state index in [1.165, 1.54) is 0 Å². The van der Waals surface area contributed by atoms with Gasteiger partial charge in [-0.15, -0.1) is 0 Å². The van der Waals surface area contributed by atoms with Crippen molar-refractivity contribution in [3.63, 3.8) is 0 Å². The van der Waals surface area contributed by atoms with Crippen LogP contribution < -0.4 is 10.1 Å². The van der Waals surface area contributed by atoms with Crippen molar-refractivity contribution in [2.75, 3.05) is 6.54 Å². The zero-order chi connectivity index (χ0) is 22.1. The number of nitrogens with zero attached hydrogens (tertiary/aromatic N) is 4. The van der Waals surface area contributed by atoms with Gasteiger partial charge in [-0.3, -0.25) is 4.79 Å². The molecule has 7 nitrogen and oxygen atoms in total. The molecule has 2 aromatic heterocycles. The van der Waals surface area contributed by atoms with Crippen molar-refractivity contribution < 1.29 is 9.53 Å². The smallest absolute Gasteiger partial charge is 0.170 e. The van der Waals surface area contributed by atoms with Crippen LogP contribution in [0.2, 0.25) is 0 Å². The van der Waals surface area contributed by atoms with Crippen molar-refractivity contribution in [3.8, 4) is 17.0 Å². The summed E-state index contributed by atoms with van der Waals surface area (Å²) in [5.74, 6) is 2.30. The lowest BCUT2D eigenvalue weighted by atomic mass is 10.1. The number of hydrogen-bond acceptors (Lipinski definition) is 6. The van der Waals surface area contributed by atoms with Gasteiger partial charge >= 0.3 is 0 Å². The fourth-order valence-electron chi connectivity index (χ4n) is 3.97. The Bertz CT molecular complexity index is 1280. The molecule has 32 heavy (non-hydrogen) atoms. The topological polar surface area (TPSA) is 81.9 Å². The standard InChI is InChI=1S/C25H25N5O2/c1-16(2)32-20-7-5-17(6-8-20)23(31)12-24-27-13-19-4-3-18(11-21(19)29-24)22-14-28-25-15-26-9-10-30(22)25/h3-8,11,13-14,16,26H,9-10,12,15H2,1-2H3. The summed E-state index contributed by atoms with van der Waals surface area (Å²) in [5, 5.41) is 4.29. The van der Waals surface area contributed by atoms with Crippen LogP contribution in [0.4, 0.5) is 0 Å². The van der Waals surface area contributed by atoms with Gasteiger partial charge in [0, 0.05) is 35.8 Å². The van der Waals surface area contributed by atoms with Gasteiger partial charge in [-0.2, -0.15) is 0 Å². The van der Waals surface area contributed by atoms with E-state index in [0.29, 0.717) is 11.4 Å². The zero-order valence-electron chi connectivity index (χ0n) is 18.2. The van der Waals surface area contributed by atoms with E-state index in [1.54, 1.807) is 18.3 Å². The Morgan fingerprint density at radius 2 is 1.97 bits per heavy atom. The Kier molecular flexibility index (Phi) is 5.41. The summed E-state index contributed by atoms with van der Waals surface area (Å²) in [6.45, 7) is 6.56. The Morgan fingerprint density at radius 1 is 1.12 bits per heavy atom. The molecule has 0 spiro atoms. The molecule has 7 heteroatoms. The van der Waals surface area contributed by atoms with Crippen LogP contribution in [0.1, 0.15) is 35.9 Å². The highest BCUT2D eigenvalue weighted by Gasteiger charge is 2.16. The maximum atomic E-state index is 12.8. The van der Waals surface area contributed by atoms with Gasteiger partial charge in [0.05, 0.1) is 36.5 Å². The van der Waals surface area contributed by atoms with Gasteiger partial charge in [0.2, 0.25) is 0 Å². The van der Waals surface area contributed by atoms with Gasteiger partial charge in [-0.1, -0.05) is 12.1 Å². The molecule has 0 fully saturated rings. The summed E-state index contributed by atoms with van der Waals surface area (Å²) < 4.78 is 7.89. The van der Waals surface area contributed by atoms with Crippen LogP contribution in [0.5, 0.6) is 5.75 Å². The maximum absolute atomic E-state index is 12.8. The molecular weight excluding hydrogens is 402 g/mol. The van der Waals surface area contributed by atoms with Gasteiger partial charge in [0.25, 0.3) is 0 Å². The molecule has 0 amide bonds. The fraction of sp³-hybridized carbons (Fsp3) is 0.280. The molecule has 0 bridgehead atoms. The number of aromatic nitrogens is 4. The predicted octanol–water partition coefficient (Wildman–Crippen LogP) is 3.81. The van der Waals surface area contributed by atoms with Crippen LogP contribution >= 0.6 is 0 Å². The number of ketones is 1. The number of benzene rings is 2. The number of fused-ring (bicyclic) bond motifs is 2. The van der Waals surface area contributed by atoms with Gasteiger partial charge in [0.15, 0.2) is 5.78 Å². The lowest BCUT2D eigenvalue weighted by Crippen LogP contribution is -2.28. The first-order chi connectivity index (χ1) is 15.6. The second kappa shape index (κ2) is 8.51. The largest absolute Gasteiger partial charge is 0.491 e. The van der Waals surface area contributed by atoms with Crippen molar-refractivity contribution in [3.05, 3.63) is 72.1 Å². The molecule has 1 aliphatic rings. The molecule has 4 aromatic rings. The van der Waals surface area contributed by atoms with Crippen molar-refractivity contribution in [2.24, 2.45) is 0 Å². The van der Waals surface area contributed by atoms with Gasteiger partial charge in [-0.25, -0.2) is 15.0 Å². The third kappa shape index (κ3) is 4.11. The minimum Gasteiger partial charge on any atom is -0.491 e. The number of ether oxygens (including phenoxy) is 1. The van der Waals surface area contributed by atoms with Crippen LogP contribution in [0.15, 0.2) is 54.9 Å². The number of carbonyl (C=O) groups excluding carboxylic acids is 1. The molecule has 0 atom stereocenters. The molecule has 0 aliphatic carbocycles. The molecule has 2 aromatic carbocycles. The summed E-state index contributed by atoms with van der Waals surface area (Å²) in [5.41, 5.74) is 3.60. The van der Waals surface area contributed by atoms with E-state index < -0.39 is 0 Å². The van der Waals surface area contributed by atoms with Gasteiger partial charge < -0.3 is 14.6 Å². The van der Waals surface area contributed by atoms with E-state index in [4.69, 9.17) is 4.74 Å². The van der Waals surface area contributed by atoms with Crippen molar-refractivity contribution in [1.29, 1.82) is 0 Å². The maximum Gasteiger partial charge on any atom is 0.170 e. The van der Waals surface area contributed by atoms with Crippen LogP contribution in [-0.4, -0.2) is 38.0 Å². The lowest BCUT2D eigenvalue weighted by Gasteiger charge is -2.17. The third-order valence-electron chi connectivity index (χ3n) is 5.53. The number of carbonyl (C=O) groups is 1. The molecular formula is C25H25N5O2. The molecule has 1 aliphatic heterocycles. The minimum absolute atomic E-state index is 0.0195. The van der Waals surface area contributed by atoms with E-state index >= 15 is 0 Å². The van der Waals surface area contributed by atoms with Crippen molar-refractivity contribution in [2.45, 2.75) is 39.5 Å². The summed E-state index contributed by atoms with van der Waals surface area (Å²) in [6.07, 6.45) is 3.95. The molecule has 0 saturated carbocycles. The minimum atomic E-state index is -0.0195. The summed E-state index contributed by atoms with van der Waals surface area (Å²) >= 11 is 0. The molecule has 0 saturated heterocycles. The second-order valence-electron chi connectivity index (χ2n) is 8.24. The third-order valence-corrected chi connectivity index (χ3v) is 5.53. The van der Waals surface area contributed by atoms with Crippen LogP contribution in [0.3, 0.4) is 0 Å². The van der Waals surface area contributed by atoms with E-state index in [1.807, 2.05) is 38.2 Å². The monoisotopic (exact) mass is 427 g/mol. The van der Waals surface area contributed by atoms with Crippen LogP contribution in [0, 0.1) is 0 Å². The van der Waals surface area contributed by atoms with E-state index in [2.05, 4.69) is 37.0 Å². The Labute approximate surface area is 186 Å². The average Bonchev–Trinajstić information content (AvgIpc) is 3.23. The second-order valence-corrected chi connectivity index (χ2v) is 8.24. The first-order valence-electron chi connectivity index (χ1n) is 10.9. The van der Waals surface area contributed by atoms with E-state index in [-0.39, 0.29) is 18.3 Å². The number of nitrogens with one attached hydrogen (secondary N) is 1. The van der Waals surface area contributed by atoms with Crippen LogP contribution in [0.25, 0.3) is 22.2 Å². The highest BCUT2D eigenvalue weighted by atomic mass is 16.5. The lowest BCUT2D eigenvalue weighted by molar-refractivity contribution is 0.0991. The zero-order valence-corrected chi connectivity index (χ0v) is 18.2. The Balaban J connectivity index is 1.38. The first-order valence-corrected chi connectivity index (χ1v) is 10.9. The molecule has 1 N–H and O–H groups in total. The van der Waals surface area contributed by atoms with E-state index in [9.17, 15) is 4.79 Å². The number of imidazole rings is 1. The summed E-state index contributed by atoms with van der Waals surface area (Å²) in [7, 11) is 0. The molecule has 5 rings (SSSR count). The fourth-order valence-corrected chi connectivity index (χ4v) is 3.97. The predicted molar refractivity (Wildman–Crippen MR) is 123 cm³/mol. The normalized spacial score (nSPS) is 13.3. The number of hydrogen-bond donors (Lipinski definition) is 1. The SMILES string of the molecule is CC(C)Oc1ccc(C(=O)Cc2ncc3ccc(-c4cnc5n4CCNC5)cc3n2)cc1. The highest BCUT2D eigenvalue weighted by Crippen LogP contribution is 2.25. The highest BCUT2D eigenvalue weighted by molar-refractivity contribution is 5.97. The van der Waals surface area contributed by atoms with Crippen molar-refractivity contribution in [1.82, 2.24) is 24.8 Å².